The first-order chi connectivity index (χ1) is 18.3. The number of esters is 1. The molecule has 4 rings (SSSR count). The predicted octanol–water partition coefficient (Wildman–Crippen LogP) is 7.84. The Balaban J connectivity index is 2.19. The van der Waals surface area contributed by atoms with Crippen molar-refractivity contribution < 1.29 is 28.5 Å². The van der Waals surface area contributed by atoms with Gasteiger partial charge in [0.25, 0.3) is 0 Å². The number of hydrogen-bond acceptors (Lipinski definition) is 6. The molecule has 0 bridgehead atoms. The molecule has 1 aliphatic rings. The maximum Gasteiger partial charge on any atom is 0.310 e. The number of carbonyl (C=O) groups excluding carboxylic acids is 2. The zero-order chi connectivity index (χ0) is 28.9. The van der Waals surface area contributed by atoms with Crippen LogP contribution in [0.5, 0.6) is 23.0 Å². The highest BCUT2D eigenvalue weighted by Gasteiger charge is 2.39. The van der Waals surface area contributed by atoms with Gasteiger partial charge in [-0.15, -0.1) is 0 Å². The molecule has 0 aliphatic carbocycles. The molecule has 0 spiro atoms. The topological polar surface area (TPSA) is 71.1 Å². The van der Waals surface area contributed by atoms with Gasteiger partial charge in [0.15, 0.2) is 17.3 Å². The predicted molar refractivity (Wildman–Crippen MR) is 154 cm³/mol. The SMILES string of the molecule is CCC(=O)Oc1c(C(C)(C)C)cc2c3c(c(C(C)(C)C)cc(C(=O)CC)c13)OC2c1ccc(OC)c(OC)c1. The summed E-state index contributed by atoms with van der Waals surface area (Å²) in [5.41, 5.74) is 3.49. The molecule has 6 heteroatoms. The van der Waals surface area contributed by atoms with Gasteiger partial charge in [-0.1, -0.05) is 61.5 Å². The lowest BCUT2D eigenvalue weighted by atomic mass is 9.78. The minimum Gasteiger partial charge on any atom is -0.493 e. The van der Waals surface area contributed by atoms with E-state index in [1.165, 1.54) is 0 Å². The Morgan fingerprint density at radius 3 is 2.00 bits per heavy atom. The van der Waals surface area contributed by atoms with Gasteiger partial charge in [-0.05, 0) is 35.1 Å². The van der Waals surface area contributed by atoms with Crippen LogP contribution in [0.1, 0.15) is 107 Å². The number of methoxy groups -OCH3 is 2. The summed E-state index contributed by atoms with van der Waals surface area (Å²) >= 11 is 0. The summed E-state index contributed by atoms with van der Waals surface area (Å²) in [6.07, 6.45) is 0.0999. The molecule has 1 atom stereocenters. The van der Waals surface area contributed by atoms with E-state index >= 15 is 0 Å². The molecular weight excluding hydrogens is 492 g/mol. The number of ketones is 1. The first kappa shape index (κ1) is 28.5. The van der Waals surface area contributed by atoms with E-state index in [1.807, 2.05) is 31.2 Å². The number of rotatable bonds is 7. The van der Waals surface area contributed by atoms with E-state index in [2.05, 4.69) is 47.6 Å². The van der Waals surface area contributed by atoms with Crippen molar-refractivity contribution in [2.24, 2.45) is 0 Å². The fraction of sp³-hybridized carbons (Fsp3) is 0.455. The Kier molecular flexibility index (Phi) is 7.46. The van der Waals surface area contributed by atoms with Gasteiger partial charge in [0.2, 0.25) is 0 Å². The monoisotopic (exact) mass is 532 g/mol. The third-order valence-corrected chi connectivity index (χ3v) is 7.31. The average molecular weight is 533 g/mol. The van der Waals surface area contributed by atoms with Crippen LogP contribution in [-0.2, 0) is 15.6 Å². The summed E-state index contributed by atoms with van der Waals surface area (Å²) in [5.74, 6) is 2.05. The van der Waals surface area contributed by atoms with Crippen molar-refractivity contribution in [3.63, 3.8) is 0 Å². The molecule has 0 amide bonds. The van der Waals surface area contributed by atoms with Gasteiger partial charge in [0, 0.05) is 51.4 Å². The Morgan fingerprint density at radius 2 is 1.46 bits per heavy atom. The number of ether oxygens (including phenoxy) is 4. The van der Waals surface area contributed by atoms with Gasteiger partial charge >= 0.3 is 5.97 Å². The summed E-state index contributed by atoms with van der Waals surface area (Å²) in [4.78, 5) is 26.2. The third-order valence-electron chi connectivity index (χ3n) is 7.31. The standard InChI is InChI=1S/C33H40O6/c1-11-23(34)19-16-21(32(3,4)5)31-28-20(29(39-31)18-13-14-24(36-9)25(15-18)37-10)17-22(33(6,7)8)30(27(19)28)38-26(35)12-2/h13-17,29H,11-12H2,1-10H3. The molecule has 0 N–H and O–H groups in total. The van der Waals surface area contributed by atoms with Crippen LogP contribution in [0.25, 0.3) is 10.8 Å². The van der Waals surface area contributed by atoms with Crippen LogP contribution in [0.3, 0.4) is 0 Å². The molecule has 0 saturated heterocycles. The molecule has 6 nitrogen and oxygen atoms in total. The lowest BCUT2D eigenvalue weighted by Gasteiger charge is -2.27. The van der Waals surface area contributed by atoms with Gasteiger partial charge in [0.1, 0.15) is 17.6 Å². The largest absolute Gasteiger partial charge is 0.493 e. The summed E-state index contributed by atoms with van der Waals surface area (Å²) < 4.78 is 23.9. The number of carbonyl (C=O) groups is 2. The zero-order valence-electron chi connectivity index (χ0n) is 24.8. The van der Waals surface area contributed by atoms with Crippen LogP contribution in [-0.4, -0.2) is 26.0 Å². The maximum absolute atomic E-state index is 13.5. The second-order valence-corrected chi connectivity index (χ2v) is 12.1. The van der Waals surface area contributed by atoms with Gasteiger partial charge in [-0.25, -0.2) is 0 Å². The van der Waals surface area contributed by atoms with Crippen molar-refractivity contribution in [1.29, 1.82) is 0 Å². The van der Waals surface area contributed by atoms with Crippen molar-refractivity contribution in [3.05, 3.63) is 58.1 Å². The summed E-state index contributed by atoms with van der Waals surface area (Å²) in [6.45, 7) is 16.2. The highest BCUT2D eigenvalue weighted by Crippen LogP contribution is 2.55. The molecule has 3 aromatic carbocycles. The van der Waals surface area contributed by atoms with Gasteiger partial charge in [-0.2, -0.15) is 0 Å². The Hall–Kier alpha value is -3.54. The van der Waals surface area contributed by atoms with E-state index in [4.69, 9.17) is 18.9 Å². The van der Waals surface area contributed by atoms with E-state index in [1.54, 1.807) is 21.1 Å². The van der Waals surface area contributed by atoms with E-state index in [0.717, 1.165) is 27.6 Å². The van der Waals surface area contributed by atoms with E-state index in [-0.39, 0.29) is 29.0 Å². The lowest BCUT2D eigenvalue weighted by molar-refractivity contribution is -0.134. The van der Waals surface area contributed by atoms with Gasteiger partial charge in [-0.3, -0.25) is 9.59 Å². The fourth-order valence-corrected chi connectivity index (χ4v) is 5.19. The molecule has 39 heavy (non-hydrogen) atoms. The quantitative estimate of drug-likeness (QED) is 0.175. The maximum atomic E-state index is 13.5. The molecule has 1 unspecified atom stereocenters. The molecule has 0 fully saturated rings. The Labute approximate surface area is 231 Å². The highest BCUT2D eigenvalue weighted by molar-refractivity contribution is 6.15. The first-order valence-corrected chi connectivity index (χ1v) is 13.6. The van der Waals surface area contributed by atoms with Gasteiger partial charge in [0.05, 0.1) is 14.2 Å². The average Bonchev–Trinajstić information content (AvgIpc) is 3.27. The minimum atomic E-state index is -0.451. The molecular formula is C33H40O6. The number of Topliss-reactive ketones (excluding diaryl/α,β-unsaturated/α-hetero) is 1. The van der Waals surface area contributed by atoms with Crippen molar-refractivity contribution in [2.45, 2.75) is 85.2 Å². The second kappa shape index (κ2) is 10.2. The Bertz CT molecular complexity index is 1450. The van der Waals surface area contributed by atoms with Crippen LogP contribution in [0, 0.1) is 0 Å². The molecule has 0 aromatic heterocycles. The molecule has 3 aromatic rings. The second-order valence-electron chi connectivity index (χ2n) is 12.1. The van der Waals surface area contributed by atoms with Crippen molar-refractivity contribution in [2.75, 3.05) is 14.2 Å². The van der Waals surface area contributed by atoms with Crippen molar-refractivity contribution in [1.82, 2.24) is 0 Å². The number of benzene rings is 3. The lowest BCUT2D eigenvalue weighted by Crippen LogP contribution is -2.18. The van der Waals surface area contributed by atoms with Crippen LogP contribution in [0.15, 0.2) is 30.3 Å². The van der Waals surface area contributed by atoms with Crippen LogP contribution in [0.2, 0.25) is 0 Å². The zero-order valence-corrected chi connectivity index (χ0v) is 24.8. The van der Waals surface area contributed by atoms with Crippen LogP contribution >= 0.6 is 0 Å². The van der Waals surface area contributed by atoms with Crippen LogP contribution in [0.4, 0.5) is 0 Å². The molecule has 0 radical (unpaired) electrons. The smallest absolute Gasteiger partial charge is 0.310 e. The van der Waals surface area contributed by atoms with E-state index in [9.17, 15) is 9.59 Å². The molecule has 0 saturated carbocycles. The summed E-state index contributed by atoms with van der Waals surface area (Å²) in [7, 11) is 3.22. The summed E-state index contributed by atoms with van der Waals surface area (Å²) in [5, 5.41) is 1.47. The first-order valence-electron chi connectivity index (χ1n) is 13.6. The summed E-state index contributed by atoms with van der Waals surface area (Å²) in [6, 6.07) is 9.81. The third kappa shape index (κ3) is 4.97. The molecule has 208 valence electrons. The normalized spacial score (nSPS) is 14.8. The van der Waals surface area contributed by atoms with E-state index < -0.39 is 6.10 Å². The minimum absolute atomic E-state index is 0.00702. The molecule has 1 aliphatic heterocycles. The van der Waals surface area contributed by atoms with Crippen molar-refractivity contribution in [3.8, 4) is 23.0 Å². The van der Waals surface area contributed by atoms with Crippen LogP contribution < -0.4 is 18.9 Å². The number of hydrogen-bond donors (Lipinski definition) is 0. The van der Waals surface area contributed by atoms with Gasteiger partial charge < -0.3 is 18.9 Å². The molecule has 1 heterocycles. The van der Waals surface area contributed by atoms with E-state index in [0.29, 0.717) is 40.4 Å². The highest BCUT2D eigenvalue weighted by atomic mass is 16.5. The fourth-order valence-electron chi connectivity index (χ4n) is 5.19. The van der Waals surface area contributed by atoms with Crippen molar-refractivity contribution >= 4 is 22.5 Å². The Morgan fingerprint density at radius 1 is 0.821 bits per heavy atom.